The minimum Gasteiger partial charge on any atom is -0.496 e. The first-order valence-electron chi connectivity index (χ1n) is 8.54. The Morgan fingerprint density at radius 1 is 1.14 bits per heavy atom. The van der Waals surface area contributed by atoms with Gasteiger partial charge >= 0.3 is 6.03 Å². The molecule has 0 aliphatic carbocycles. The van der Waals surface area contributed by atoms with Gasteiger partial charge in [0.2, 0.25) is 5.91 Å². The summed E-state index contributed by atoms with van der Waals surface area (Å²) in [5, 5.41) is 5.12. The highest BCUT2D eigenvalue weighted by Crippen LogP contribution is 2.26. The second-order valence-corrected chi connectivity index (χ2v) is 6.93. The summed E-state index contributed by atoms with van der Waals surface area (Å²) in [5.41, 5.74) is 1.10. The van der Waals surface area contributed by atoms with Crippen molar-refractivity contribution in [2.45, 2.75) is 0 Å². The van der Waals surface area contributed by atoms with Crippen LogP contribution in [0.4, 0.5) is 10.5 Å². The van der Waals surface area contributed by atoms with Gasteiger partial charge in [-0.1, -0.05) is 28.1 Å². The SMILES string of the molecule is COc1ccc(Br)cc1/C=C1/NC(=O)N(CC(=O)Nc2ccccc2OC)C1=O. The summed E-state index contributed by atoms with van der Waals surface area (Å²) in [5.74, 6) is -0.123. The van der Waals surface area contributed by atoms with Gasteiger partial charge in [-0.25, -0.2) is 9.69 Å². The molecule has 0 atom stereocenters. The van der Waals surface area contributed by atoms with E-state index in [1.54, 1.807) is 42.5 Å². The molecule has 2 N–H and O–H groups in total. The molecule has 0 aromatic heterocycles. The Kier molecular flexibility index (Phi) is 6.18. The molecule has 1 aliphatic heterocycles. The van der Waals surface area contributed by atoms with Gasteiger partial charge in [-0.15, -0.1) is 0 Å². The highest BCUT2D eigenvalue weighted by Gasteiger charge is 2.35. The van der Waals surface area contributed by atoms with Crippen molar-refractivity contribution in [1.29, 1.82) is 0 Å². The zero-order chi connectivity index (χ0) is 21.0. The fraction of sp³-hybridized carbons (Fsp3) is 0.150. The molecule has 29 heavy (non-hydrogen) atoms. The zero-order valence-corrected chi connectivity index (χ0v) is 17.3. The highest BCUT2D eigenvalue weighted by atomic mass is 79.9. The van der Waals surface area contributed by atoms with E-state index in [0.717, 1.165) is 9.37 Å². The number of carbonyl (C=O) groups is 3. The number of imide groups is 1. The lowest BCUT2D eigenvalue weighted by molar-refractivity contribution is -0.127. The molecule has 0 spiro atoms. The van der Waals surface area contributed by atoms with E-state index >= 15 is 0 Å². The van der Waals surface area contributed by atoms with E-state index in [-0.39, 0.29) is 5.70 Å². The number of ether oxygens (including phenoxy) is 2. The number of hydrogen-bond acceptors (Lipinski definition) is 5. The number of para-hydroxylation sites is 2. The molecule has 1 aliphatic rings. The van der Waals surface area contributed by atoms with Crippen molar-refractivity contribution in [1.82, 2.24) is 10.2 Å². The fourth-order valence-electron chi connectivity index (χ4n) is 2.77. The summed E-state index contributed by atoms with van der Waals surface area (Å²) in [7, 11) is 2.99. The van der Waals surface area contributed by atoms with Crippen LogP contribution in [-0.2, 0) is 9.59 Å². The van der Waals surface area contributed by atoms with Gasteiger partial charge < -0.3 is 20.1 Å². The molecule has 0 unspecified atom stereocenters. The van der Waals surface area contributed by atoms with E-state index in [4.69, 9.17) is 9.47 Å². The van der Waals surface area contributed by atoms with Gasteiger partial charge in [0, 0.05) is 10.0 Å². The summed E-state index contributed by atoms with van der Waals surface area (Å²) < 4.78 is 11.2. The van der Waals surface area contributed by atoms with Crippen LogP contribution in [0.1, 0.15) is 5.56 Å². The third kappa shape index (κ3) is 4.57. The standard InChI is InChI=1S/C20H18BrN3O5/c1-28-16-8-7-13(21)9-12(16)10-15-19(26)24(20(27)23-15)11-18(25)22-14-5-3-4-6-17(14)29-2/h3-10H,11H2,1-2H3,(H,22,25)(H,23,27)/b15-10+. The van der Waals surface area contributed by atoms with Gasteiger partial charge in [0.25, 0.3) is 5.91 Å². The molecule has 3 rings (SSSR count). The maximum Gasteiger partial charge on any atom is 0.329 e. The largest absolute Gasteiger partial charge is 0.496 e. The van der Waals surface area contributed by atoms with Crippen molar-refractivity contribution >= 4 is 45.5 Å². The van der Waals surface area contributed by atoms with Crippen molar-refractivity contribution < 1.29 is 23.9 Å². The summed E-state index contributed by atoms with van der Waals surface area (Å²) in [6.45, 7) is -0.435. The predicted molar refractivity (Wildman–Crippen MR) is 111 cm³/mol. The van der Waals surface area contributed by atoms with Gasteiger partial charge in [0.05, 0.1) is 19.9 Å². The van der Waals surface area contributed by atoms with Crippen molar-refractivity contribution in [2.24, 2.45) is 0 Å². The Balaban J connectivity index is 1.75. The zero-order valence-electron chi connectivity index (χ0n) is 15.7. The van der Waals surface area contributed by atoms with E-state index in [2.05, 4.69) is 26.6 Å². The number of anilines is 1. The van der Waals surface area contributed by atoms with Gasteiger partial charge in [-0.3, -0.25) is 9.59 Å². The molecule has 1 heterocycles. The molecule has 2 aromatic rings. The number of amides is 4. The monoisotopic (exact) mass is 459 g/mol. The van der Waals surface area contributed by atoms with E-state index in [1.165, 1.54) is 20.3 Å². The number of hydrogen-bond donors (Lipinski definition) is 2. The summed E-state index contributed by atoms with van der Waals surface area (Å²) >= 11 is 3.36. The predicted octanol–water partition coefficient (Wildman–Crippen LogP) is 3.00. The van der Waals surface area contributed by atoms with Crippen molar-refractivity contribution in [2.75, 3.05) is 26.1 Å². The van der Waals surface area contributed by atoms with Crippen LogP contribution >= 0.6 is 15.9 Å². The highest BCUT2D eigenvalue weighted by molar-refractivity contribution is 9.10. The molecule has 4 amide bonds. The van der Waals surface area contributed by atoms with E-state index in [0.29, 0.717) is 22.7 Å². The number of methoxy groups -OCH3 is 2. The molecule has 150 valence electrons. The summed E-state index contributed by atoms with van der Waals surface area (Å²) in [6.07, 6.45) is 1.50. The lowest BCUT2D eigenvalue weighted by atomic mass is 10.1. The van der Waals surface area contributed by atoms with Gasteiger partial charge in [0.15, 0.2) is 0 Å². The smallest absolute Gasteiger partial charge is 0.329 e. The number of carbonyl (C=O) groups excluding carboxylic acids is 3. The maximum atomic E-state index is 12.6. The van der Waals surface area contributed by atoms with Crippen LogP contribution in [-0.4, -0.2) is 43.5 Å². The van der Waals surface area contributed by atoms with Crippen molar-refractivity contribution in [3.05, 3.63) is 58.2 Å². The average Bonchev–Trinajstić information content (AvgIpc) is 2.96. The molecule has 0 saturated carbocycles. The third-order valence-corrected chi connectivity index (χ3v) is 4.63. The quantitative estimate of drug-likeness (QED) is 0.511. The molecule has 1 fully saturated rings. The van der Waals surface area contributed by atoms with E-state index < -0.39 is 24.4 Å². The normalized spacial score (nSPS) is 14.7. The number of benzene rings is 2. The average molecular weight is 460 g/mol. The van der Waals surface area contributed by atoms with Gasteiger partial charge in [0.1, 0.15) is 23.7 Å². The minimum absolute atomic E-state index is 0.0523. The second kappa shape index (κ2) is 8.78. The van der Waals surface area contributed by atoms with Crippen LogP contribution in [0.5, 0.6) is 11.5 Å². The van der Waals surface area contributed by atoms with Crippen LogP contribution < -0.4 is 20.1 Å². The first-order chi connectivity index (χ1) is 13.9. The molecule has 1 saturated heterocycles. The minimum atomic E-state index is -0.676. The second-order valence-electron chi connectivity index (χ2n) is 6.01. The molecular weight excluding hydrogens is 442 g/mol. The van der Waals surface area contributed by atoms with Crippen LogP contribution in [0.25, 0.3) is 6.08 Å². The lowest BCUT2D eigenvalue weighted by Gasteiger charge is -2.13. The number of rotatable bonds is 6. The van der Waals surface area contributed by atoms with Gasteiger partial charge in [-0.05, 0) is 36.4 Å². The number of nitrogens with zero attached hydrogens (tertiary/aromatic N) is 1. The summed E-state index contributed by atoms with van der Waals surface area (Å²) in [6, 6.07) is 11.5. The Morgan fingerprint density at radius 2 is 1.86 bits per heavy atom. The fourth-order valence-corrected chi connectivity index (χ4v) is 3.15. The van der Waals surface area contributed by atoms with Crippen LogP contribution in [0, 0.1) is 0 Å². The molecule has 8 nitrogen and oxygen atoms in total. The van der Waals surface area contributed by atoms with Crippen LogP contribution in [0.15, 0.2) is 52.6 Å². The van der Waals surface area contributed by atoms with Crippen molar-refractivity contribution in [3.8, 4) is 11.5 Å². The molecule has 0 bridgehead atoms. The van der Waals surface area contributed by atoms with Crippen molar-refractivity contribution in [3.63, 3.8) is 0 Å². The molecule has 0 radical (unpaired) electrons. The molecule has 2 aromatic carbocycles. The number of halogens is 1. The summed E-state index contributed by atoms with van der Waals surface area (Å²) in [4.78, 5) is 38.0. The lowest BCUT2D eigenvalue weighted by Crippen LogP contribution is -2.38. The first-order valence-corrected chi connectivity index (χ1v) is 9.33. The van der Waals surface area contributed by atoms with Crippen LogP contribution in [0.2, 0.25) is 0 Å². The number of nitrogens with one attached hydrogen (secondary N) is 2. The molecular formula is C20H18BrN3O5. The Morgan fingerprint density at radius 3 is 2.59 bits per heavy atom. The van der Waals surface area contributed by atoms with Gasteiger partial charge in [-0.2, -0.15) is 0 Å². The molecule has 9 heteroatoms. The van der Waals surface area contributed by atoms with E-state index in [9.17, 15) is 14.4 Å². The third-order valence-electron chi connectivity index (χ3n) is 4.14. The topological polar surface area (TPSA) is 97.0 Å². The number of urea groups is 1. The maximum absolute atomic E-state index is 12.6. The van der Waals surface area contributed by atoms with Crippen LogP contribution in [0.3, 0.4) is 0 Å². The Bertz CT molecular complexity index is 1010. The Labute approximate surface area is 175 Å². The first kappa shape index (κ1) is 20.4. The van der Waals surface area contributed by atoms with E-state index in [1.807, 2.05) is 0 Å². The Hall–Kier alpha value is -3.33.